The maximum atomic E-state index is 12.1. The highest BCUT2D eigenvalue weighted by Gasteiger charge is 2.14. The second-order valence-corrected chi connectivity index (χ2v) is 4.71. The van der Waals surface area contributed by atoms with E-state index in [4.69, 9.17) is 5.73 Å². The molecule has 0 atom stereocenters. The maximum Gasteiger partial charge on any atom is 0.253 e. The number of hydrogen-bond donors (Lipinski definition) is 1. The summed E-state index contributed by atoms with van der Waals surface area (Å²) in [7, 11) is 1.81. The molecule has 0 fully saturated rings. The Morgan fingerprint density at radius 1 is 1.47 bits per heavy atom. The second-order valence-electron chi connectivity index (χ2n) is 4.71. The van der Waals surface area contributed by atoms with Crippen molar-refractivity contribution in [2.45, 2.75) is 27.2 Å². The summed E-state index contributed by atoms with van der Waals surface area (Å²) in [6.45, 7) is 6.90. The summed E-state index contributed by atoms with van der Waals surface area (Å²) in [5, 5.41) is 0. The Labute approximate surface area is 103 Å². The summed E-state index contributed by atoms with van der Waals surface area (Å²) in [5.74, 6) is 0.863. The van der Waals surface area contributed by atoms with Crippen molar-refractivity contribution in [1.29, 1.82) is 0 Å². The Balaban J connectivity index is 2.91. The van der Waals surface area contributed by atoms with Gasteiger partial charge in [-0.2, -0.15) is 0 Å². The van der Waals surface area contributed by atoms with Gasteiger partial charge in [0.1, 0.15) is 5.82 Å². The van der Waals surface area contributed by atoms with Crippen molar-refractivity contribution < 1.29 is 4.79 Å². The quantitative estimate of drug-likeness (QED) is 0.867. The summed E-state index contributed by atoms with van der Waals surface area (Å²) in [6.07, 6.45) is 0.777. The van der Waals surface area contributed by atoms with Crippen LogP contribution in [-0.2, 0) is 6.42 Å². The average Bonchev–Trinajstić information content (AvgIpc) is 2.26. The van der Waals surface area contributed by atoms with Crippen molar-refractivity contribution in [1.82, 2.24) is 9.88 Å². The van der Waals surface area contributed by atoms with Crippen molar-refractivity contribution in [3.05, 3.63) is 23.4 Å². The molecule has 4 heteroatoms. The molecule has 0 aliphatic heterocycles. The van der Waals surface area contributed by atoms with Crippen LogP contribution < -0.4 is 5.73 Å². The minimum atomic E-state index is 0.00231. The molecule has 1 aromatic heterocycles. The molecule has 0 bridgehead atoms. The number of nitrogen functional groups attached to an aromatic ring is 1. The number of carbonyl (C=O) groups excluding carboxylic acids is 1. The highest BCUT2D eigenvalue weighted by Crippen LogP contribution is 2.11. The van der Waals surface area contributed by atoms with Crippen LogP contribution in [0.5, 0.6) is 0 Å². The number of rotatable bonds is 4. The Morgan fingerprint density at radius 2 is 2.12 bits per heavy atom. The minimum absolute atomic E-state index is 0.00231. The van der Waals surface area contributed by atoms with Crippen molar-refractivity contribution >= 4 is 11.7 Å². The fourth-order valence-corrected chi connectivity index (χ4v) is 1.77. The number of aryl methyl sites for hydroxylation is 1. The van der Waals surface area contributed by atoms with E-state index in [2.05, 4.69) is 18.8 Å². The van der Waals surface area contributed by atoms with Gasteiger partial charge in [0.25, 0.3) is 5.91 Å². The number of pyridine rings is 1. The van der Waals surface area contributed by atoms with Crippen LogP contribution in [0, 0.1) is 5.92 Å². The predicted octanol–water partition coefficient (Wildman–Crippen LogP) is 1.95. The highest BCUT2D eigenvalue weighted by atomic mass is 16.2. The lowest BCUT2D eigenvalue weighted by atomic mass is 10.1. The van der Waals surface area contributed by atoms with E-state index >= 15 is 0 Å². The van der Waals surface area contributed by atoms with E-state index in [1.807, 2.05) is 20.0 Å². The third kappa shape index (κ3) is 3.73. The van der Waals surface area contributed by atoms with E-state index < -0.39 is 0 Å². The van der Waals surface area contributed by atoms with Crippen molar-refractivity contribution in [3.63, 3.8) is 0 Å². The molecular formula is C13H21N3O. The van der Waals surface area contributed by atoms with E-state index in [-0.39, 0.29) is 5.91 Å². The Kier molecular flexibility index (Phi) is 4.49. The van der Waals surface area contributed by atoms with Gasteiger partial charge in [-0.15, -0.1) is 0 Å². The van der Waals surface area contributed by atoms with Crippen LogP contribution in [0.1, 0.15) is 36.8 Å². The molecule has 0 radical (unpaired) electrons. The molecular weight excluding hydrogens is 214 g/mol. The Hall–Kier alpha value is -1.58. The predicted molar refractivity (Wildman–Crippen MR) is 69.8 cm³/mol. The van der Waals surface area contributed by atoms with Gasteiger partial charge in [0.05, 0.1) is 0 Å². The molecule has 2 N–H and O–H groups in total. The monoisotopic (exact) mass is 235 g/mol. The third-order valence-corrected chi connectivity index (χ3v) is 2.49. The molecule has 0 unspecified atom stereocenters. The van der Waals surface area contributed by atoms with Gasteiger partial charge in [-0.3, -0.25) is 4.79 Å². The van der Waals surface area contributed by atoms with E-state index in [9.17, 15) is 4.79 Å². The number of anilines is 1. The fourth-order valence-electron chi connectivity index (χ4n) is 1.77. The summed E-state index contributed by atoms with van der Waals surface area (Å²) < 4.78 is 0. The molecule has 1 amide bonds. The molecule has 1 aromatic rings. The molecule has 17 heavy (non-hydrogen) atoms. The summed E-state index contributed by atoms with van der Waals surface area (Å²) in [5.41, 5.74) is 7.17. The summed E-state index contributed by atoms with van der Waals surface area (Å²) in [6, 6.07) is 3.45. The van der Waals surface area contributed by atoms with E-state index in [1.54, 1.807) is 11.0 Å². The molecule has 1 rings (SSSR count). The van der Waals surface area contributed by atoms with Crippen LogP contribution in [0.3, 0.4) is 0 Å². The summed E-state index contributed by atoms with van der Waals surface area (Å²) >= 11 is 0. The van der Waals surface area contributed by atoms with Crippen molar-refractivity contribution in [3.8, 4) is 0 Å². The number of carbonyl (C=O) groups is 1. The zero-order valence-electron chi connectivity index (χ0n) is 11.0. The molecule has 0 saturated carbocycles. The number of hydrogen-bond acceptors (Lipinski definition) is 3. The topological polar surface area (TPSA) is 59.2 Å². The molecule has 94 valence electrons. The van der Waals surface area contributed by atoms with Gasteiger partial charge in [0.15, 0.2) is 0 Å². The summed E-state index contributed by atoms with van der Waals surface area (Å²) in [4.78, 5) is 18.0. The van der Waals surface area contributed by atoms with Gasteiger partial charge in [-0.25, -0.2) is 4.98 Å². The first kappa shape index (κ1) is 13.5. The number of amides is 1. The molecule has 0 spiro atoms. The largest absolute Gasteiger partial charge is 0.384 e. The van der Waals surface area contributed by atoms with Crippen LogP contribution in [-0.4, -0.2) is 29.4 Å². The number of nitrogens with zero attached hydrogens (tertiary/aromatic N) is 2. The van der Waals surface area contributed by atoms with Crippen LogP contribution in [0.4, 0.5) is 5.82 Å². The van der Waals surface area contributed by atoms with E-state index in [0.717, 1.165) is 18.7 Å². The lowest BCUT2D eigenvalue weighted by Crippen LogP contribution is -2.30. The van der Waals surface area contributed by atoms with Crippen molar-refractivity contribution in [2.24, 2.45) is 5.92 Å². The first-order valence-electron chi connectivity index (χ1n) is 5.96. The smallest absolute Gasteiger partial charge is 0.253 e. The standard InChI is InChI=1S/C13H21N3O/c1-5-11-6-10(7-12(14)15-11)13(17)16(4)8-9(2)3/h6-7,9H,5,8H2,1-4H3,(H2,14,15). The second kappa shape index (κ2) is 5.66. The van der Waals surface area contributed by atoms with Gasteiger partial charge in [-0.1, -0.05) is 20.8 Å². The molecule has 4 nitrogen and oxygen atoms in total. The first-order chi connectivity index (χ1) is 7.93. The van der Waals surface area contributed by atoms with Gasteiger partial charge in [0, 0.05) is 24.8 Å². The van der Waals surface area contributed by atoms with E-state index in [1.165, 1.54) is 0 Å². The fraction of sp³-hybridized carbons (Fsp3) is 0.538. The first-order valence-corrected chi connectivity index (χ1v) is 5.96. The van der Waals surface area contributed by atoms with Gasteiger partial charge in [0.2, 0.25) is 0 Å². The van der Waals surface area contributed by atoms with Crippen LogP contribution >= 0.6 is 0 Å². The molecule has 0 saturated heterocycles. The maximum absolute atomic E-state index is 12.1. The SMILES string of the molecule is CCc1cc(C(=O)N(C)CC(C)C)cc(N)n1. The van der Waals surface area contributed by atoms with Crippen LogP contribution in [0.25, 0.3) is 0 Å². The average molecular weight is 235 g/mol. The third-order valence-electron chi connectivity index (χ3n) is 2.49. The number of nitrogens with two attached hydrogens (primary N) is 1. The van der Waals surface area contributed by atoms with Crippen LogP contribution in [0.2, 0.25) is 0 Å². The minimum Gasteiger partial charge on any atom is -0.384 e. The van der Waals surface area contributed by atoms with Crippen LogP contribution in [0.15, 0.2) is 12.1 Å². The lowest BCUT2D eigenvalue weighted by Gasteiger charge is -2.19. The lowest BCUT2D eigenvalue weighted by molar-refractivity contribution is 0.0779. The Morgan fingerprint density at radius 3 is 2.65 bits per heavy atom. The molecule has 1 heterocycles. The number of aromatic nitrogens is 1. The molecule has 0 aliphatic rings. The van der Waals surface area contributed by atoms with Gasteiger partial charge < -0.3 is 10.6 Å². The van der Waals surface area contributed by atoms with E-state index in [0.29, 0.717) is 17.3 Å². The van der Waals surface area contributed by atoms with Gasteiger partial charge in [-0.05, 0) is 24.5 Å². The van der Waals surface area contributed by atoms with Gasteiger partial charge >= 0.3 is 0 Å². The zero-order valence-corrected chi connectivity index (χ0v) is 11.0. The van der Waals surface area contributed by atoms with Crippen molar-refractivity contribution in [2.75, 3.05) is 19.3 Å². The Bertz CT molecular complexity index is 402. The zero-order chi connectivity index (χ0) is 13.0. The highest BCUT2D eigenvalue weighted by molar-refractivity contribution is 5.94. The normalized spacial score (nSPS) is 10.6. The molecule has 0 aliphatic carbocycles. The molecule has 0 aromatic carbocycles.